The Morgan fingerprint density at radius 2 is 1.83 bits per heavy atom. The molecular weight excluding hydrogens is 689 g/mol. The first-order valence-electron chi connectivity index (χ1n) is 15.1. The molecule has 6 rings (SSSR count). The third-order valence-corrected chi connectivity index (χ3v) is 7.54. The molecule has 0 unspecified atom stereocenters. The minimum Gasteiger partial charge on any atom is -0.518 e. The van der Waals surface area contributed by atoms with Crippen molar-refractivity contribution >= 4 is 23.1 Å². The van der Waals surface area contributed by atoms with Crippen LogP contribution in [0.3, 0.4) is 0 Å². The first-order valence-corrected chi connectivity index (χ1v) is 13.6. The van der Waals surface area contributed by atoms with Gasteiger partial charge in [-0.25, -0.2) is 4.98 Å². The summed E-state index contributed by atoms with van der Waals surface area (Å²) in [5, 5.41) is 0. The molecule has 0 bridgehead atoms. The van der Waals surface area contributed by atoms with Crippen molar-refractivity contribution in [1.82, 2.24) is 4.98 Å². The number of aryl methyl sites for hydroxylation is 1. The number of para-hydroxylation sites is 1. The van der Waals surface area contributed by atoms with Crippen molar-refractivity contribution in [2.45, 2.75) is 65.3 Å². The molecule has 1 aromatic heterocycles. The van der Waals surface area contributed by atoms with Crippen LogP contribution in [0, 0.1) is 19.1 Å². The zero-order valence-corrected chi connectivity index (χ0v) is 26.4. The summed E-state index contributed by atoms with van der Waals surface area (Å²) >= 11 is 0. The quantitative estimate of drug-likeness (QED) is 0.199. The summed E-state index contributed by atoms with van der Waals surface area (Å²) in [4.78, 5) is 11.3. The molecule has 0 saturated heterocycles. The first-order chi connectivity index (χ1) is 20.2. The van der Waals surface area contributed by atoms with Crippen LogP contribution in [0.25, 0.3) is 0 Å². The zero-order chi connectivity index (χ0) is 30.7. The number of hydrogen-bond donors (Lipinski definition) is 0. The Morgan fingerprint density at radius 1 is 1.02 bits per heavy atom. The third-order valence-electron chi connectivity index (χ3n) is 7.54. The molecule has 2 aliphatic rings. The van der Waals surface area contributed by atoms with E-state index in [1.54, 1.807) is 0 Å². The molecule has 3 aromatic carbocycles. The van der Waals surface area contributed by atoms with Crippen LogP contribution in [0.15, 0.2) is 71.9 Å². The second kappa shape index (κ2) is 10.8. The van der Waals surface area contributed by atoms with Crippen molar-refractivity contribution in [1.29, 1.82) is 0 Å². The molecule has 0 spiro atoms. The van der Waals surface area contributed by atoms with E-state index in [1.165, 1.54) is 11.1 Å². The van der Waals surface area contributed by atoms with Crippen LogP contribution in [0.1, 0.15) is 73.4 Å². The number of nitrogens with zero attached hydrogens (tertiary/aromatic N) is 3. The van der Waals surface area contributed by atoms with E-state index >= 15 is 0 Å². The van der Waals surface area contributed by atoms with E-state index in [4.69, 9.17) is 18.6 Å². The van der Waals surface area contributed by atoms with E-state index < -0.39 is 12.9 Å². The maximum Gasteiger partial charge on any atom is 2.00 e. The Morgan fingerprint density at radius 3 is 2.59 bits per heavy atom. The number of ether oxygens (including phenoxy) is 2. The van der Waals surface area contributed by atoms with Crippen LogP contribution < -0.4 is 9.64 Å². The first kappa shape index (κ1) is 25.3. The van der Waals surface area contributed by atoms with Gasteiger partial charge in [0.1, 0.15) is 11.7 Å². The van der Waals surface area contributed by atoms with Gasteiger partial charge in [-0.2, -0.15) is 6.07 Å². The topological polar surface area (TPSA) is 47.0 Å². The van der Waals surface area contributed by atoms with Gasteiger partial charge in [0.2, 0.25) is 0 Å². The van der Waals surface area contributed by atoms with Gasteiger partial charge in [0.15, 0.2) is 0 Å². The summed E-state index contributed by atoms with van der Waals surface area (Å²) < 4.78 is 35.1. The fourth-order valence-corrected chi connectivity index (χ4v) is 5.40. The van der Waals surface area contributed by atoms with E-state index in [-0.39, 0.29) is 44.4 Å². The molecule has 0 aliphatic carbocycles. The standard InChI is InChI=1S/C35H35N3O2.Pt/c1-22-16-24(33-37-23(2)21-39-33)18-27(17-22)40-26-12-13-29-31(20-26)38(30-11-9-8-10-28(30)35(29,6)7)32-19-25(14-15-36-32)34(3,4)5;/h8-17,19,23H,21H2,1-7H3;/q-2;+2/t23-;/m1./s1/i2D3;. The van der Waals surface area contributed by atoms with Gasteiger partial charge in [0, 0.05) is 27.5 Å². The maximum atomic E-state index is 7.68. The molecule has 6 heteroatoms. The van der Waals surface area contributed by atoms with Crippen LogP contribution in [0.5, 0.6) is 11.5 Å². The van der Waals surface area contributed by atoms with Gasteiger partial charge in [-0.1, -0.05) is 83.1 Å². The van der Waals surface area contributed by atoms with E-state index in [9.17, 15) is 0 Å². The second-order valence-electron chi connectivity index (χ2n) is 12.0. The number of aromatic nitrogens is 1. The summed E-state index contributed by atoms with van der Waals surface area (Å²) in [5.41, 5.74) is 6.57. The fourth-order valence-electron chi connectivity index (χ4n) is 5.40. The summed E-state index contributed by atoms with van der Waals surface area (Å²) in [6.45, 7) is 10.8. The van der Waals surface area contributed by atoms with Gasteiger partial charge >= 0.3 is 21.1 Å². The molecule has 0 fully saturated rings. The summed E-state index contributed by atoms with van der Waals surface area (Å²) in [6.07, 6.45) is 1.87. The predicted octanol–water partition coefficient (Wildman–Crippen LogP) is 8.35. The minimum atomic E-state index is -2.22. The van der Waals surface area contributed by atoms with Gasteiger partial charge in [-0.05, 0) is 47.0 Å². The van der Waals surface area contributed by atoms with E-state index in [1.807, 2.05) is 31.3 Å². The predicted molar refractivity (Wildman–Crippen MR) is 161 cm³/mol. The Balaban J connectivity index is 0.00000384. The van der Waals surface area contributed by atoms with E-state index in [0.29, 0.717) is 17.1 Å². The van der Waals surface area contributed by atoms with Crippen molar-refractivity contribution in [2.24, 2.45) is 4.99 Å². The number of rotatable bonds is 4. The zero-order valence-electron chi connectivity index (χ0n) is 27.1. The Hall–Kier alpha value is -3.43. The van der Waals surface area contributed by atoms with Gasteiger partial charge in [0.05, 0.1) is 12.6 Å². The summed E-state index contributed by atoms with van der Waals surface area (Å²) in [6, 6.07) is 26.3. The van der Waals surface area contributed by atoms with Gasteiger partial charge in [-0.3, -0.25) is 4.99 Å². The average molecular weight is 728 g/mol. The minimum absolute atomic E-state index is 0. The molecular formula is C35H35N3O2Pt. The number of aliphatic imine (C=N–C) groups is 1. The molecule has 0 N–H and O–H groups in total. The Labute approximate surface area is 262 Å². The SMILES string of the molecule is [2H]C([2H])([2H])[C@@H]1COC(c2[c-]c(Oc3[c-]c4c(cc3)C(C)(C)c3ccccc3N4c3cc(C(C)(C)C)ccn3)cc(C)c2)=N1.[Pt+2]. The molecule has 5 nitrogen and oxygen atoms in total. The van der Waals surface area contributed by atoms with E-state index in [2.05, 4.69) is 99.1 Å². The molecule has 2 aliphatic heterocycles. The van der Waals surface area contributed by atoms with Crippen molar-refractivity contribution in [3.05, 3.63) is 107 Å². The second-order valence-corrected chi connectivity index (χ2v) is 12.0. The largest absolute Gasteiger partial charge is 2.00 e. The number of fused-ring (bicyclic) bond motifs is 2. The molecule has 3 heterocycles. The maximum absolute atomic E-state index is 7.68. The number of pyridine rings is 1. The number of anilines is 3. The van der Waals surface area contributed by atoms with E-state index in [0.717, 1.165) is 28.3 Å². The molecule has 212 valence electrons. The van der Waals surface area contributed by atoms with Crippen LogP contribution in [-0.2, 0) is 36.6 Å². The van der Waals surface area contributed by atoms with Crippen LogP contribution in [0.4, 0.5) is 17.2 Å². The van der Waals surface area contributed by atoms with Crippen molar-refractivity contribution < 1.29 is 34.7 Å². The van der Waals surface area contributed by atoms with Gasteiger partial charge in [-0.15, -0.1) is 29.3 Å². The summed E-state index contributed by atoms with van der Waals surface area (Å²) in [7, 11) is 0. The van der Waals surface area contributed by atoms with Crippen molar-refractivity contribution in [2.75, 3.05) is 11.5 Å². The average Bonchev–Trinajstić information content (AvgIpc) is 3.44. The molecule has 0 radical (unpaired) electrons. The number of benzene rings is 3. The van der Waals surface area contributed by atoms with Gasteiger partial charge in [0.25, 0.3) is 0 Å². The molecule has 1 atom stereocenters. The van der Waals surface area contributed by atoms with Crippen molar-refractivity contribution in [3.8, 4) is 11.5 Å². The Kier molecular flexibility index (Phi) is 6.64. The molecule has 0 amide bonds. The Bertz CT molecular complexity index is 1740. The van der Waals surface area contributed by atoms with Crippen LogP contribution in [0.2, 0.25) is 0 Å². The molecule has 41 heavy (non-hydrogen) atoms. The smallest absolute Gasteiger partial charge is 0.518 e. The molecule has 0 saturated carbocycles. The van der Waals surface area contributed by atoms with Crippen LogP contribution in [-0.4, -0.2) is 23.5 Å². The van der Waals surface area contributed by atoms with Crippen LogP contribution >= 0.6 is 0 Å². The third kappa shape index (κ3) is 5.45. The number of hydrogen-bond acceptors (Lipinski definition) is 5. The fraction of sp³-hybridized carbons (Fsp3) is 0.314. The monoisotopic (exact) mass is 727 g/mol. The molecule has 4 aromatic rings. The van der Waals surface area contributed by atoms with Gasteiger partial charge < -0.3 is 14.4 Å². The van der Waals surface area contributed by atoms with Crippen molar-refractivity contribution in [3.63, 3.8) is 0 Å². The normalized spacial score (nSPS) is 18.5. The summed E-state index contributed by atoms with van der Waals surface area (Å²) in [5.74, 6) is 2.06.